The molecular weight excluding hydrogens is 444 g/mol. The van der Waals surface area contributed by atoms with Gasteiger partial charge in [-0.2, -0.15) is 4.31 Å². The van der Waals surface area contributed by atoms with Crippen molar-refractivity contribution in [3.05, 3.63) is 60.2 Å². The van der Waals surface area contributed by atoms with E-state index in [0.29, 0.717) is 0 Å². The van der Waals surface area contributed by atoms with Crippen LogP contribution in [0.3, 0.4) is 0 Å². The SMILES string of the molecule is NCCNC(=O)C1N(C(=O)Nc2ccc(F)cc2)CCCN1S(=O)(=O)c1ccc(F)cc1. The van der Waals surface area contributed by atoms with E-state index in [9.17, 15) is 26.8 Å². The van der Waals surface area contributed by atoms with E-state index >= 15 is 0 Å². The monoisotopic (exact) mass is 467 g/mol. The van der Waals surface area contributed by atoms with Crippen LogP contribution < -0.4 is 16.4 Å². The molecule has 1 heterocycles. The van der Waals surface area contributed by atoms with Gasteiger partial charge in [0.25, 0.3) is 5.91 Å². The van der Waals surface area contributed by atoms with E-state index < -0.39 is 39.8 Å². The highest BCUT2D eigenvalue weighted by atomic mass is 32.2. The van der Waals surface area contributed by atoms with Crippen LogP contribution in [0.1, 0.15) is 6.42 Å². The summed E-state index contributed by atoms with van der Waals surface area (Å²) in [5, 5.41) is 5.06. The van der Waals surface area contributed by atoms with Crippen LogP contribution in [0.5, 0.6) is 0 Å². The number of carbonyl (C=O) groups excluding carboxylic acids is 2. The normalized spacial score (nSPS) is 17.1. The van der Waals surface area contributed by atoms with Crippen LogP contribution in [0.15, 0.2) is 53.4 Å². The van der Waals surface area contributed by atoms with Gasteiger partial charge < -0.3 is 16.4 Å². The predicted molar refractivity (Wildman–Crippen MR) is 113 cm³/mol. The van der Waals surface area contributed by atoms with Gasteiger partial charge in [0.2, 0.25) is 10.0 Å². The number of benzene rings is 2. The highest BCUT2D eigenvalue weighted by Crippen LogP contribution is 2.25. The zero-order valence-corrected chi connectivity index (χ0v) is 17.8. The maximum absolute atomic E-state index is 13.3. The second-order valence-electron chi connectivity index (χ2n) is 7.01. The molecule has 12 heteroatoms. The Balaban J connectivity index is 1.93. The topological polar surface area (TPSA) is 125 Å². The first-order chi connectivity index (χ1) is 15.2. The number of urea groups is 1. The first-order valence-corrected chi connectivity index (χ1v) is 11.3. The Hall–Kier alpha value is -3.09. The molecule has 1 aliphatic rings. The van der Waals surface area contributed by atoms with Crippen molar-refractivity contribution in [1.82, 2.24) is 14.5 Å². The first kappa shape index (κ1) is 23.6. The lowest BCUT2D eigenvalue weighted by atomic mass is 10.2. The van der Waals surface area contributed by atoms with Crippen molar-refractivity contribution in [2.24, 2.45) is 5.73 Å². The number of halogens is 2. The third-order valence-corrected chi connectivity index (χ3v) is 6.67. The highest BCUT2D eigenvalue weighted by molar-refractivity contribution is 7.89. The quantitative estimate of drug-likeness (QED) is 0.591. The minimum atomic E-state index is -4.24. The van der Waals surface area contributed by atoms with Crippen LogP contribution in [0, 0.1) is 11.6 Å². The molecule has 32 heavy (non-hydrogen) atoms. The van der Waals surface area contributed by atoms with Gasteiger partial charge in [-0.25, -0.2) is 22.0 Å². The maximum atomic E-state index is 13.3. The maximum Gasteiger partial charge on any atom is 0.323 e. The lowest BCUT2D eigenvalue weighted by molar-refractivity contribution is -0.130. The zero-order chi connectivity index (χ0) is 23.3. The molecule has 1 unspecified atom stereocenters. The van der Waals surface area contributed by atoms with Crippen molar-refractivity contribution in [2.75, 3.05) is 31.5 Å². The van der Waals surface area contributed by atoms with Gasteiger partial charge in [0.15, 0.2) is 6.17 Å². The smallest absolute Gasteiger partial charge is 0.323 e. The van der Waals surface area contributed by atoms with Crippen LogP contribution in [-0.4, -0.2) is 61.9 Å². The summed E-state index contributed by atoms with van der Waals surface area (Å²) >= 11 is 0. The second-order valence-corrected chi connectivity index (χ2v) is 8.90. The number of nitrogens with two attached hydrogens (primary N) is 1. The van der Waals surface area contributed by atoms with Crippen molar-refractivity contribution < 1.29 is 26.8 Å². The summed E-state index contributed by atoms with van der Waals surface area (Å²) in [6.07, 6.45) is -1.23. The summed E-state index contributed by atoms with van der Waals surface area (Å²) < 4.78 is 53.8. The molecule has 0 aliphatic carbocycles. The van der Waals surface area contributed by atoms with Gasteiger partial charge in [-0.1, -0.05) is 0 Å². The Labute approximate surface area is 184 Å². The van der Waals surface area contributed by atoms with E-state index in [4.69, 9.17) is 5.73 Å². The Kier molecular flexibility index (Phi) is 7.38. The minimum absolute atomic E-state index is 0.0270. The molecule has 9 nitrogen and oxygen atoms in total. The van der Waals surface area contributed by atoms with Gasteiger partial charge in [0.05, 0.1) is 4.90 Å². The summed E-state index contributed by atoms with van der Waals surface area (Å²) in [6.45, 7) is 0.266. The summed E-state index contributed by atoms with van der Waals surface area (Å²) in [5.41, 5.74) is 5.71. The Morgan fingerprint density at radius 2 is 1.59 bits per heavy atom. The lowest BCUT2D eigenvalue weighted by Gasteiger charge is -2.41. The van der Waals surface area contributed by atoms with Gasteiger partial charge in [0.1, 0.15) is 11.6 Å². The van der Waals surface area contributed by atoms with E-state index in [1.807, 2.05) is 0 Å². The molecule has 3 amide bonds. The van der Waals surface area contributed by atoms with Crippen molar-refractivity contribution in [3.8, 4) is 0 Å². The van der Waals surface area contributed by atoms with Gasteiger partial charge >= 0.3 is 6.03 Å². The summed E-state index contributed by atoms with van der Waals surface area (Å²) in [4.78, 5) is 26.7. The second kappa shape index (κ2) is 10.0. The zero-order valence-electron chi connectivity index (χ0n) is 17.0. The molecule has 1 fully saturated rings. The summed E-state index contributed by atoms with van der Waals surface area (Å²) in [5.74, 6) is -1.83. The average molecular weight is 467 g/mol. The number of carbonyl (C=O) groups is 2. The van der Waals surface area contributed by atoms with E-state index in [1.54, 1.807) is 0 Å². The number of nitrogens with zero attached hydrogens (tertiary/aromatic N) is 2. The molecule has 0 saturated carbocycles. The lowest BCUT2D eigenvalue weighted by Crippen LogP contribution is -2.64. The van der Waals surface area contributed by atoms with E-state index in [-0.39, 0.29) is 43.2 Å². The number of hydrogen-bond donors (Lipinski definition) is 3. The summed E-state index contributed by atoms with van der Waals surface area (Å²) in [6, 6.07) is 8.45. The third-order valence-electron chi connectivity index (χ3n) is 4.80. The van der Waals surface area contributed by atoms with Crippen molar-refractivity contribution >= 4 is 27.6 Å². The highest BCUT2D eigenvalue weighted by Gasteiger charge is 2.44. The van der Waals surface area contributed by atoms with Crippen LogP contribution in [0.4, 0.5) is 19.3 Å². The summed E-state index contributed by atoms with van der Waals surface area (Å²) in [7, 11) is -4.24. The minimum Gasteiger partial charge on any atom is -0.352 e. The molecule has 3 rings (SSSR count). The van der Waals surface area contributed by atoms with Gasteiger partial charge in [-0.3, -0.25) is 9.69 Å². The van der Waals surface area contributed by atoms with Crippen LogP contribution in [0.2, 0.25) is 0 Å². The molecule has 2 aromatic rings. The standard InChI is InChI=1S/C20H23F2N5O4S/c21-14-2-6-16(7-3-14)25-20(29)26-12-1-13-27(19(26)18(28)24-11-10-23)32(30,31)17-8-4-15(22)5-9-17/h2-9,19H,1,10-13,23H2,(H,24,28)(H,25,29). The van der Waals surface area contributed by atoms with Crippen molar-refractivity contribution in [3.63, 3.8) is 0 Å². The average Bonchev–Trinajstić information content (AvgIpc) is 2.78. The molecule has 0 radical (unpaired) electrons. The van der Waals surface area contributed by atoms with Crippen LogP contribution in [-0.2, 0) is 14.8 Å². The van der Waals surface area contributed by atoms with E-state index in [2.05, 4.69) is 10.6 Å². The van der Waals surface area contributed by atoms with Crippen LogP contribution >= 0.6 is 0 Å². The Morgan fingerprint density at radius 1 is 1.00 bits per heavy atom. The molecule has 1 aliphatic heterocycles. The molecule has 4 N–H and O–H groups in total. The molecule has 0 bridgehead atoms. The van der Waals surface area contributed by atoms with E-state index in [1.165, 1.54) is 12.1 Å². The van der Waals surface area contributed by atoms with Crippen molar-refractivity contribution in [1.29, 1.82) is 0 Å². The van der Waals surface area contributed by atoms with Gasteiger partial charge in [0, 0.05) is 31.9 Å². The number of rotatable bonds is 6. The number of amides is 3. The molecular formula is C20H23F2N5O4S. The molecule has 0 aromatic heterocycles. The van der Waals surface area contributed by atoms with Crippen LogP contribution in [0.25, 0.3) is 0 Å². The van der Waals surface area contributed by atoms with E-state index in [0.717, 1.165) is 45.6 Å². The molecule has 1 atom stereocenters. The fourth-order valence-corrected chi connectivity index (χ4v) is 4.88. The number of sulfonamides is 1. The van der Waals surface area contributed by atoms with Crippen molar-refractivity contribution in [2.45, 2.75) is 17.5 Å². The third kappa shape index (κ3) is 5.21. The largest absolute Gasteiger partial charge is 0.352 e. The fraction of sp³-hybridized carbons (Fsp3) is 0.300. The number of hydrogen-bond acceptors (Lipinski definition) is 5. The molecule has 0 spiro atoms. The van der Waals surface area contributed by atoms with Gasteiger partial charge in [-0.05, 0) is 55.0 Å². The molecule has 1 saturated heterocycles. The fourth-order valence-electron chi connectivity index (χ4n) is 3.29. The Morgan fingerprint density at radius 3 is 2.19 bits per heavy atom. The van der Waals surface area contributed by atoms with Gasteiger partial charge in [-0.15, -0.1) is 0 Å². The predicted octanol–water partition coefficient (Wildman–Crippen LogP) is 1.29. The molecule has 2 aromatic carbocycles. The number of nitrogens with one attached hydrogen (secondary N) is 2. The first-order valence-electron chi connectivity index (χ1n) is 9.82. The Bertz CT molecular complexity index is 1060. The number of anilines is 1. The molecule has 172 valence electrons.